The van der Waals surface area contributed by atoms with Gasteiger partial charge in [-0.1, -0.05) is 48.5 Å². The molecule has 0 aromatic rings. The van der Waals surface area contributed by atoms with Crippen LogP contribution in [0.2, 0.25) is 0 Å². The zero-order valence-corrected chi connectivity index (χ0v) is 12.5. The minimum absolute atomic E-state index is 0.327. The second-order valence-corrected chi connectivity index (χ2v) is 5.69. The molecule has 1 aliphatic carbocycles. The first-order valence-electron chi connectivity index (χ1n) is 6.45. The molecule has 0 heterocycles. The van der Waals surface area contributed by atoms with E-state index in [0.29, 0.717) is 6.61 Å². The third-order valence-corrected chi connectivity index (χ3v) is 3.54. The van der Waals surface area contributed by atoms with Crippen LogP contribution >= 0.6 is 23.2 Å². The Hall–Kier alpha value is -0.740. The van der Waals surface area contributed by atoms with Gasteiger partial charge in [-0.15, -0.1) is 0 Å². The molecule has 0 aromatic carbocycles. The third kappa shape index (κ3) is 5.41. The van der Waals surface area contributed by atoms with Crippen molar-refractivity contribution in [1.29, 1.82) is 0 Å². The van der Waals surface area contributed by atoms with Crippen molar-refractivity contribution in [1.82, 2.24) is 5.32 Å². The molecule has 0 aliphatic heterocycles. The van der Waals surface area contributed by atoms with Gasteiger partial charge in [0.15, 0.2) is 4.84 Å². The maximum absolute atomic E-state index is 11.7. The van der Waals surface area contributed by atoms with Crippen molar-refractivity contribution in [3.8, 4) is 0 Å². The monoisotopic (exact) mass is 307 g/mol. The van der Waals surface area contributed by atoms with Gasteiger partial charge in [-0.25, -0.2) is 4.79 Å². The highest BCUT2D eigenvalue weighted by Gasteiger charge is 2.32. The Kier molecular flexibility index (Phi) is 6.66. The van der Waals surface area contributed by atoms with Gasteiger partial charge in [0.25, 0.3) is 5.91 Å². The van der Waals surface area contributed by atoms with Gasteiger partial charge in [-0.2, -0.15) is 0 Å². The molecule has 1 aliphatic rings. The number of nitrogens with one attached hydrogen (secondary N) is 1. The summed E-state index contributed by atoms with van der Waals surface area (Å²) in [5, 5.41) is 2.83. The number of rotatable bonds is 5. The lowest BCUT2D eigenvalue weighted by Crippen LogP contribution is -2.50. The summed E-state index contributed by atoms with van der Waals surface area (Å²) < 4.78 is 4.84. The molecule has 0 atom stereocenters. The highest BCUT2D eigenvalue weighted by Crippen LogP contribution is 2.30. The van der Waals surface area contributed by atoms with Gasteiger partial charge in [0.1, 0.15) is 0 Å². The lowest BCUT2D eigenvalue weighted by Gasteiger charge is -2.35. The van der Waals surface area contributed by atoms with Crippen LogP contribution in [-0.2, 0) is 14.3 Å². The van der Waals surface area contributed by atoms with Crippen LogP contribution in [-0.4, -0.2) is 28.9 Å². The lowest BCUT2D eigenvalue weighted by atomic mass is 9.81. The fourth-order valence-corrected chi connectivity index (χ4v) is 2.34. The van der Waals surface area contributed by atoms with Crippen molar-refractivity contribution in [3.05, 3.63) is 12.2 Å². The summed E-state index contributed by atoms with van der Waals surface area (Å²) in [6.07, 6.45) is 7.72. The Bertz CT molecular complexity index is 350. The summed E-state index contributed by atoms with van der Waals surface area (Å²) in [5.74, 6) is -0.839. The van der Waals surface area contributed by atoms with E-state index in [4.69, 9.17) is 27.9 Å². The van der Waals surface area contributed by atoms with Crippen LogP contribution in [0.3, 0.4) is 0 Å². The summed E-state index contributed by atoms with van der Waals surface area (Å²) in [5.41, 5.74) is -0.538. The topological polar surface area (TPSA) is 55.4 Å². The van der Waals surface area contributed by atoms with Crippen molar-refractivity contribution in [2.24, 2.45) is 0 Å². The van der Waals surface area contributed by atoms with Crippen LogP contribution in [0.4, 0.5) is 0 Å². The Morgan fingerprint density at radius 2 is 1.95 bits per heavy atom. The predicted molar refractivity (Wildman–Crippen MR) is 75.2 cm³/mol. The van der Waals surface area contributed by atoms with Crippen LogP contribution in [0.5, 0.6) is 0 Å². The van der Waals surface area contributed by atoms with E-state index in [1.807, 2.05) is 0 Å². The van der Waals surface area contributed by atoms with E-state index >= 15 is 0 Å². The first kappa shape index (κ1) is 16.3. The fourth-order valence-electron chi connectivity index (χ4n) is 2.23. The van der Waals surface area contributed by atoms with Crippen LogP contribution < -0.4 is 5.32 Å². The molecule has 1 N–H and O–H groups in total. The van der Waals surface area contributed by atoms with Gasteiger partial charge in [0, 0.05) is 6.08 Å². The highest BCUT2D eigenvalue weighted by molar-refractivity contribution is 6.53. The molecule has 6 heteroatoms. The van der Waals surface area contributed by atoms with Gasteiger partial charge in [0.2, 0.25) is 0 Å². The molecule has 0 bridgehead atoms. The van der Waals surface area contributed by atoms with Crippen molar-refractivity contribution < 1.29 is 14.3 Å². The molecule has 1 saturated carbocycles. The second kappa shape index (κ2) is 7.75. The van der Waals surface area contributed by atoms with Crippen LogP contribution in [0, 0.1) is 0 Å². The molecule has 1 amide bonds. The zero-order valence-electron chi connectivity index (χ0n) is 11.0. The van der Waals surface area contributed by atoms with Gasteiger partial charge in [-0.3, -0.25) is 4.79 Å². The van der Waals surface area contributed by atoms with Crippen molar-refractivity contribution in [2.45, 2.75) is 49.4 Å². The summed E-state index contributed by atoms with van der Waals surface area (Å²) >= 11 is 11.1. The van der Waals surface area contributed by atoms with E-state index in [0.717, 1.165) is 32.1 Å². The first-order chi connectivity index (χ1) is 8.99. The number of hydrogen-bond donors (Lipinski definition) is 1. The van der Waals surface area contributed by atoms with E-state index in [9.17, 15) is 9.59 Å². The van der Waals surface area contributed by atoms with Gasteiger partial charge in [-0.05, 0) is 19.8 Å². The minimum atomic E-state index is -1.10. The fraction of sp³-hybridized carbons (Fsp3) is 0.692. The maximum Gasteiger partial charge on any atom is 0.330 e. The number of halogens is 2. The summed E-state index contributed by atoms with van der Waals surface area (Å²) in [4.78, 5) is 21.9. The van der Waals surface area contributed by atoms with Crippen LogP contribution in [0.25, 0.3) is 0 Å². The molecule has 0 spiro atoms. The van der Waals surface area contributed by atoms with Crippen molar-refractivity contribution >= 4 is 35.1 Å². The average molecular weight is 308 g/mol. The third-order valence-electron chi connectivity index (χ3n) is 3.14. The van der Waals surface area contributed by atoms with Crippen molar-refractivity contribution in [3.63, 3.8) is 0 Å². The van der Waals surface area contributed by atoms with Crippen LogP contribution in [0.1, 0.15) is 39.0 Å². The molecule has 0 aromatic heterocycles. The Morgan fingerprint density at radius 1 is 1.32 bits per heavy atom. The van der Waals surface area contributed by atoms with Crippen molar-refractivity contribution in [2.75, 3.05) is 6.61 Å². The predicted octanol–water partition coefficient (Wildman–Crippen LogP) is 2.73. The molecule has 108 valence electrons. The van der Waals surface area contributed by atoms with E-state index in [-0.39, 0.29) is 0 Å². The molecule has 1 fully saturated rings. The van der Waals surface area contributed by atoms with E-state index in [1.165, 1.54) is 6.08 Å². The van der Waals surface area contributed by atoms with Gasteiger partial charge >= 0.3 is 5.97 Å². The number of esters is 1. The van der Waals surface area contributed by atoms with E-state index < -0.39 is 22.3 Å². The minimum Gasteiger partial charge on any atom is -0.463 e. The largest absolute Gasteiger partial charge is 0.463 e. The quantitative estimate of drug-likeness (QED) is 0.483. The molecule has 4 nitrogen and oxygen atoms in total. The smallest absolute Gasteiger partial charge is 0.330 e. The number of alkyl halides is 2. The number of carbonyl (C=O) groups excluding carboxylic acids is 2. The molecule has 19 heavy (non-hydrogen) atoms. The number of carbonyl (C=O) groups is 2. The number of hydrogen-bond acceptors (Lipinski definition) is 3. The average Bonchev–Trinajstić information content (AvgIpc) is 2.38. The maximum atomic E-state index is 11.7. The van der Waals surface area contributed by atoms with E-state index in [1.54, 1.807) is 13.0 Å². The SMILES string of the molecule is CCOC(=O)/C=C\C1(NC(=O)C(Cl)Cl)CCCCC1. The Labute approximate surface area is 123 Å². The van der Waals surface area contributed by atoms with Gasteiger partial charge in [0.05, 0.1) is 12.1 Å². The standard InChI is InChI=1S/C13H19Cl2NO3/c1-2-19-10(17)6-9-13(7-4-3-5-8-13)16-12(18)11(14)15/h6,9,11H,2-5,7-8H2,1H3,(H,16,18)/b9-6-. The lowest BCUT2D eigenvalue weighted by molar-refractivity contribution is -0.137. The Balaban J connectivity index is 2.75. The first-order valence-corrected chi connectivity index (χ1v) is 7.32. The molecule has 0 saturated heterocycles. The van der Waals surface area contributed by atoms with Gasteiger partial charge < -0.3 is 10.1 Å². The molecule has 0 radical (unpaired) electrons. The molecule has 0 unspecified atom stereocenters. The normalized spacial score (nSPS) is 18.5. The summed E-state index contributed by atoms with van der Waals surface area (Å²) in [6.45, 7) is 2.07. The molecule has 1 rings (SSSR count). The molecular formula is C13H19Cl2NO3. The summed E-state index contributed by atoms with van der Waals surface area (Å²) in [6, 6.07) is 0. The summed E-state index contributed by atoms with van der Waals surface area (Å²) in [7, 11) is 0. The number of amides is 1. The molecular weight excluding hydrogens is 289 g/mol. The van der Waals surface area contributed by atoms with Crippen LogP contribution in [0.15, 0.2) is 12.2 Å². The highest BCUT2D eigenvalue weighted by atomic mass is 35.5. The van der Waals surface area contributed by atoms with E-state index in [2.05, 4.69) is 5.32 Å². The zero-order chi connectivity index (χ0) is 14.3. The Morgan fingerprint density at radius 3 is 2.47 bits per heavy atom. The number of ether oxygens (including phenoxy) is 1. The second-order valence-electron chi connectivity index (χ2n) is 4.59.